The summed E-state index contributed by atoms with van der Waals surface area (Å²) in [6.07, 6.45) is 88.8. The molecule has 1 amide bonds. The van der Waals surface area contributed by atoms with Gasteiger partial charge in [-0.25, -0.2) is 4.57 Å². The number of aliphatic hydroxyl groups is 1. The molecule has 0 heterocycles. The Labute approximate surface area is 503 Å². The maximum Gasteiger partial charge on any atom is 0.472 e. The number of unbranched alkanes of at least 4 members (excludes halogenated alkanes) is 38. The molecule has 0 fully saturated rings. The van der Waals surface area contributed by atoms with E-state index in [9.17, 15) is 19.4 Å². The molecule has 9 heteroatoms. The summed E-state index contributed by atoms with van der Waals surface area (Å²) in [7, 11) is 1.55. The first-order chi connectivity index (χ1) is 39.5. The van der Waals surface area contributed by atoms with E-state index in [4.69, 9.17) is 9.05 Å². The molecule has 0 bridgehead atoms. The standard InChI is InChI=1S/C72H133N2O6P/c1-6-8-10-12-14-16-18-20-22-24-26-28-30-32-34-35-36-37-38-40-41-43-45-47-49-51-53-55-57-59-61-63-65-71(75)70(69-80-81(77,78)79-68-67-74(3,4)5)73-72(76)66-64-62-60-58-56-54-52-50-48-46-44-42-39-33-31-29-27-25-23-21-19-17-15-13-11-9-7-2/h9,11,15,17,21,23,27,29,47,49,55,57,63,65,70-71,75H,6-8,10,12-14,16,18-20,22,24-26,28,30-46,48,50-54,56,58-62,64,66-69H2,1-5H3,(H-,73,76,77,78)/p+1/b11-9-,17-15-,23-21-,29-27-,49-47+,57-55+,65-63+. The lowest BCUT2D eigenvalue weighted by Gasteiger charge is -2.25. The highest BCUT2D eigenvalue weighted by Gasteiger charge is 2.28. The fourth-order valence-corrected chi connectivity index (χ4v) is 10.7. The zero-order valence-corrected chi connectivity index (χ0v) is 54.9. The fraction of sp³-hybridized carbons (Fsp3) is 0.792. The topological polar surface area (TPSA) is 105 Å². The number of rotatable bonds is 63. The lowest BCUT2D eigenvalue weighted by Crippen LogP contribution is -2.45. The third-order valence-corrected chi connectivity index (χ3v) is 16.3. The third kappa shape index (κ3) is 65.1. The second kappa shape index (κ2) is 62.2. The van der Waals surface area contributed by atoms with Crippen LogP contribution < -0.4 is 5.32 Å². The second-order valence-electron chi connectivity index (χ2n) is 24.5. The number of nitrogens with zero attached hydrogens (tertiary/aromatic N) is 1. The van der Waals surface area contributed by atoms with Crippen LogP contribution in [-0.2, 0) is 18.4 Å². The van der Waals surface area contributed by atoms with Gasteiger partial charge in [0.25, 0.3) is 0 Å². The number of aliphatic hydroxyl groups excluding tert-OH is 1. The van der Waals surface area contributed by atoms with E-state index < -0.39 is 20.0 Å². The first-order valence-electron chi connectivity index (χ1n) is 34.5. The molecule has 0 spiro atoms. The van der Waals surface area contributed by atoms with Gasteiger partial charge in [-0.15, -0.1) is 0 Å². The van der Waals surface area contributed by atoms with Gasteiger partial charge in [-0.05, 0) is 83.5 Å². The maximum atomic E-state index is 13.0. The minimum Gasteiger partial charge on any atom is -0.387 e. The monoisotopic (exact) mass is 1150 g/mol. The van der Waals surface area contributed by atoms with Crippen LogP contribution in [0.4, 0.5) is 0 Å². The van der Waals surface area contributed by atoms with Crippen molar-refractivity contribution in [2.24, 2.45) is 0 Å². The van der Waals surface area contributed by atoms with Crippen LogP contribution in [-0.4, -0.2) is 73.4 Å². The van der Waals surface area contributed by atoms with Crippen LogP contribution in [0.1, 0.15) is 316 Å². The van der Waals surface area contributed by atoms with Gasteiger partial charge in [0, 0.05) is 6.42 Å². The summed E-state index contributed by atoms with van der Waals surface area (Å²) in [5.74, 6) is -0.191. The fourth-order valence-electron chi connectivity index (χ4n) is 10.0. The van der Waals surface area contributed by atoms with Gasteiger partial charge in [0.15, 0.2) is 0 Å². The van der Waals surface area contributed by atoms with Gasteiger partial charge in [-0.2, -0.15) is 0 Å². The molecule has 0 aromatic carbocycles. The van der Waals surface area contributed by atoms with Crippen LogP contribution in [0.5, 0.6) is 0 Å². The lowest BCUT2D eigenvalue weighted by atomic mass is 10.0. The molecule has 3 atom stereocenters. The number of carbonyl (C=O) groups excluding carboxylic acids is 1. The Morgan fingerprint density at radius 2 is 0.753 bits per heavy atom. The Kier molecular flexibility index (Phi) is 60.4. The van der Waals surface area contributed by atoms with E-state index in [1.54, 1.807) is 6.08 Å². The number of phosphoric acid groups is 1. The van der Waals surface area contributed by atoms with Gasteiger partial charge in [0.2, 0.25) is 5.91 Å². The summed E-state index contributed by atoms with van der Waals surface area (Å²) in [6.45, 7) is 4.71. The van der Waals surface area contributed by atoms with Gasteiger partial charge >= 0.3 is 7.82 Å². The highest BCUT2D eigenvalue weighted by molar-refractivity contribution is 7.47. The number of nitrogens with one attached hydrogen (secondary N) is 1. The SMILES string of the molecule is CC/C=C\C/C=C\C/C=C\C/C=C\CCCCCCCCCCCCCCCCC(=O)NC(COP(=O)(O)OCC[N+](C)(C)C)C(O)/C=C/CC/C=C/CC/C=C/CCCCCCCCCCCCCCCCCCCCCCCC. The van der Waals surface area contributed by atoms with Crippen molar-refractivity contribution in [1.82, 2.24) is 5.32 Å². The average molecular weight is 1150 g/mol. The molecule has 81 heavy (non-hydrogen) atoms. The van der Waals surface area contributed by atoms with E-state index in [0.29, 0.717) is 17.4 Å². The Balaban J connectivity index is 4.15. The van der Waals surface area contributed by atoms with Gasteiger partial charge in [0.05, 0.1) is 39.9 Å². The van der Waals surface area contributed by atoms with Crippen molar-refractivity contribution in [3.05, 3.63) is 85.1 Å². The zero-order valence-electron chi connectivity index (χ0n) is 54.0. The molecule has 0 saturated heterocycles. The van der Waals surface area contributed by atoms with E-state index in [0.717, 1.165) is 70.6 Å². The van der Waals surface area contributed by atoms with Gasteiger partial charge < -0.3 is 19.8 Å². The molecule has 0 aliphatic rings. The number of amides is 1. The molecule has 0 aliphatic heterocycles. The lowest BCUT2D eigenvalue weighted by molar-refractivity contribution is -0.870. The molecule has 0 rings (SSSR count). The second-order valence-corrected chi connectivity index (χ2v) is 26.0. The molecule has 3 N–H and O–H groups in total. The number of quaternary nitrogens is 1. The summed E-state index contributed by atoms with van der Waals surface area (Å²) < 4.78 is 23.8. The van der Waals surface area contributed by atoms with Crippen LogP contribution in [0, 0.1) is 0 Å². The van der Waals surface area contributed by atoms with Crippen molar-refractivity contribution in [2.75, 3.05) is 40.9 Å². The van der Waals surface area contributed by atoms with Crippen LogP contribution in [0.15, 0.2) is 85.1 Å². The average Bonchev–Trinajstić information content (AvgIpc) is 3.43. The molecule has 0 aromatic heterocycles. The minimum atomic E-state index is -4.37. The largest absolute Gasteiger partial charge is 0.472 e. The quantitative estimate of drug-likeness (QED) is 0.0243. The van der Waals surface area contributed by atoms with Crippen molar-refractivity contribution >= 4 is 13.7 Å². The van der Waals surface area contributed by atoms with Gasteiger partial charge in [0.1, 0.15) is 13.2 Å². The molecular weight excluding hydrogens is 1020 g/mol. The van der Waals surface area contributed by atoms with Gasteiger partial charge in [-0.3, -0.25) is 13.8 Å². The highest BCUT2D eigenvalue weighted by Crippen LogP contribution is 2.43. The number of likely N-dealkylation sites (N-methyl/N-ethyl adjacent to an activating group) is 1. The van der Waals surface area contributed by atoms with Crippen LogP contribution in [0.2, 0.25) is 0 Å². The first-order valence-corrected chi connectivity index (χ1v) is 36.0. The minimum absolute atomic E-state index is 0.0508. The van der Waals surface area contributed by atoms with Crippen molar-refractivity contribution in [1.29, 1.82) is 0 Å². The zero-order chi connectivity index (χ0) is 59.1. The summed E-state index contributed by atoms with van der Waals surface area (Å²) in [5.41, 5.74) is 0. The Hall–Kier alpha value is -2.32. The molecule has 0 radical (unpaired) electrons. The highest BCUT2D eigenvalue weighted by atomic mass is 31.2. The van der Waals surface area contributed by atoms with Gasteiger partial charge in [-0.1, -0.05) is 311 Å². The third-order valence-electron chi connectivity index (χ3n) is 15.3. The van der Waals surface area contributed by atoms with Crippen molar-refractivity contribution in [3.8, 4) is 0 Å². The van der Waals surface area contributed by atoms with Crippen molar-refractivity contribution < 1.29 is 32.9 Å². The van der Waals surface area contributed by atoms with Crippen LogP contribution in [0.25, 0.3) is 0 Å². The summed E-state index contributed by atoms with van der Waals surface area (Å²) in [4.78, 5) is 23.4. The summed E-state index contributed by atoms with van der Waals surface area (Å²) in [6, 6.07) is -0.876. The summed E-state index contributed by atoms with van der Waals surface area (Å²) >= 11 is 0. The van der Waals surface area contributed by atoms with E-state index in [1.165, 1.54) is 225 Å². The number of allylic oxidation sites excluding steroid dienone is 13. The molecular formula is C72H134N2O6P+. The molecule has 472 valence electrons. The molecule has 3 unspecified atom stereocenters. The number of phosphoric ester groups is 1. The number of carbonyl (C=O) groups is 1. The van der Waals surface area contributed by atoms with Crippen molar-refractivity contribution in [2.45, 2.75) is 328 Å². The first kappa shape index (κ1) is 78.7. The van der Waals surface area contributed by atoms with Crippen molar-refractivity contribution in [3.63, 3.8) is 0 Å². The van der Waals surface area contributed by atoms with Crippen LogP contribution >= 0.6 is 7.82 Å². The van der Waals surface area contributed by atoms with Crippen LogP contribution in [0.3, 0.4) is 0 Å². The Bertz CT molecular complexity index is 1600. The van der Waals surface area contributed by atoms with E-state index in [2.05, 4.69) is 92.1 Å². The van der Waals surface area contributed by atoms with E-state index in [1.807, 2.05) is 27.2 Å². The van der Waals surface area contributed by atoms with E-state index >= 15 is 0 Å². The molecule has 0 saturated carbocycles. The normalized spacial score (nSPS) is 14.2. The maximum absolute atomic E-state index is 13.0. The molecule has 8 nitrogen and oxygen atoms in total. The smallest absolute Gasteiger partial charge is 0.387 e. The molecule has 0 aromatic rings. The Morgan fingerprint density at radius 1 is 0.432 bits per heavy atom. The number of hydrogen-bond acceptors (Lipinski definition) is 5. The summed E-state index contributed by atoms with van der Waals surface area (Å²) in [5, 5.41) is 14.0. The number of hydrogen-bond donors (Lipinski definition) is 3. The Morgan fingerprint density at radius 3 is 1.14 bits per heavy atom. The predicted octanol–water partition coefficient (Wildman–Crippen LogP) is 21.9. The molecule has 0 aliphatic carbocycles. The van der Waals surface area contributed by atoms with E-state index in [-0.39, 0.29) is 19.1 Å². The predicted molar refractivity (Wildman–Crippen MR) is 355 cm³/mol.